The van der Waals surface area contributed by atoms with Crippen LogP contribution in [0.4, 0.5) is 0 Å². The zero-order valence-electron chi connectivity index (χ0n) is 9.24. The van der Waals surface area contributed by atoms with E-state index in [0.717, 1.165) is 37.7 Å². The lowest BCUT2D eigenvalue weighted by molar-refractivity contribution is 0.399. The van der Waals surface area contributed by atoms with Crippen LogP contribution >= 0.6 is 0 Å². The quantitative estimate of drug-likeness (QED) is 0.810. The van der Waals surface area contributed by atoms with Crippen LogP contribution < -0.4 is 5.32 Å². The van der Waals surface area contributed by atoms with E-state index < -0.39 is 0 Å². The summed E-state index contributed by atoms with van der Waals surface area (Å²) >= 11 is 0. The third-order valence-corrected chi connectivity index (χ3v) is 3.47. The molecule has 0 bridgehead atoms. The normalized spacial score (nSPS) is 25.3. The van der Waals surface area contributed by atoms with Gasteiger partial charge >= 0.3 is 0 Å². The van der Waals surface area contributed by atoms with Crippen LogP contribution in [0.25, 0.3) is 0 Å². The van der Waals surface area contributed by atoms with Crippen LogP contribution in [0.2, 0.25) is 0 Å². The molecule has 0 saturated heterocycles. The molecule has 2 aliphatic rings. The molecule has 0 spiro atoms. The predicted molar refractivity (Wildman–Crippen MR) is 57.5 cm³/mol. The van der Waals surface area contributed by atoms with Gasteiger partial charge in [-0.25, -0.2) is 0 Å². The fraction of sp³-hybridized carbons (Fsp3) is 0.818. The van der Waals surface area contributed by atoms with Gasteiger partial charge in [-0.15, -0.1) is 10.2 Å². The smallest absolute Gasteiger partial charge is 0.150 e. The Bertz CT molecular complexity index is 353. The molecule has 1 aliphatic carbocycles. The summed E-state index contributed by atoms with van der Waals surface area (Å²) in [4.78, 5) is 0. The van der Waals surface area contributed by atoms with E-state index in [1.807, 2.05) is 0 Å². The Morgan fingerprint density at radius 2 is 2.27 bits per heavy atom. The first-order chi connectivity index (χ1) is 7.38. The summed E-state index contributed by atoms with van der Waals surface area (Å²) in [6.07, 6.45) is 5.01. The van der Waals surface area contributed by atoms with Crippen molar-refractivity contribution in [2.24, 2.45) is 5.92 Å². The van der Waals surface area contributed by atoms with Gasteiger partial charge in [0.05, 0.1) is 6.04 Å². The summed E-state index contributed by atoms with van der Waals surface area (Å²) in [6, 6.07) is 0.416. The van der Waals surface area contributed by atoms with E-state index in [1.165, 1.54) is 18.7 Å². The van der Waals surface area contributed by atoms with Crippen LogP contribution in [-0.4, -0.2) is 21.3 Å². The van der Waals surface area contributed by atoms with Crippen LogP contribution in [0.5, 0.6) is 0 Å². The van der Waals surface area contributed by atoms with E-state index in [2.05, 4.69) is 27.0 Å². The van der Waals surface area contributed by atoms with Gasteiger partial charge in [0.15, 0.2) is 0 Å². The van der Waals surface area contributed by atoms with Gasteiger partial charge in [0.1, 0.15) is 11.6 Å². The van der Waals surface area contributed by atoms with Crippen LogP contribution in [0, 0.1) is 5.92 Å². The number of fused-ring (bicyclic) bond motifs is 1. The molecule has 3 rings (SSSR count). The van der Waals surface area contributed by atoms with Crippen LogP contribution in [0.1, 0.15) is 43.9 Å². The lowest BCUT2D eigenvalue weighted by Crippen LogP contribution is -2.34. The van der Waals surface area contributed by atoms with Crippen LogP contribution in [0.3, 0.4) is 0 Å². The summed E-state index contributed by atoms with van der Waals surface area (Å²) in [5, 5.41) is 12.2. The molecule has 0 aromatic carbocycles. The Morgan fingerprint density at radius 3 is 3.00 bits per heavy atom. The molecule has 4 nitrogen and oxygen atoms in total. The first kappa shape index (κ1) is 9.33. The maximum absolute atomic E-state index is 4.35. The first-order valence-corrected chi connectivity index (χ1v) is 6.04. The highest BCUT2D eigenvalue weighted by Crippen LogP contribution is 2.32. The van der Waals surface area contributed by atoms with Gasteiger partial charge in [-0.2, -0.15) is 0 Å². The van der Waals surface area contributed by atoms with Crippen molar-refractivity contribution in [3.63, 3.8) is 0 Å². The molecule has 1 N–H and O–H groups in total. The topological polar surface area (TPSA) is 42.7 Å². The van der Waals surface area contributed by atoms with Gasteiger partial charge in [0.2, 0.25) is 0 Å². The number of hydrogen-bond donors (Lipinski definition) is 1. The number of nitrogens with one attached hydrogen (secondary N) is 1. The monoisotopic (exact) mass is 206 g/mol. The van der Waals surface area contributed by atoms with Gasteiger partial charge in [0, 0.05) is 19.5 Å². The highest BCUT2D eigenvalue weighted by atomic mass is 15.3. The minimum Gasteiger partial charge on any atom is -0.312 e. The Kier molecular flexibility index (Phi) is 2.24. The summed E-state index contributed by atoms with van der Waals surface area (Å²) in [7, 11) is 0. The highest BCUT2D eigenvalue weighted by molar-refractivity contribution is 5.05. The van der Waals surface area contributed by atoms with Crippen molar-refractivity contribution in [2.45, 2.75) is 45.2 Å². The third kappa shape index (κ3) is 1.67. The standard InChI is InChI=1S/C11H18N4/c1-2-9-11-14-13-10(7-8-3-4-8)15(11)6-5-12-9/h8-9,12H,2-7H2,1H3. The van der Waals surface area contributed by atoms with Crippen molar-refractivity contribution in [3.05, 3.63) is 11.6 Å². The Hall–Kier alpha value is -0.900. The van der Waals surface area contributed by atoms with Crippen LogP contribution in [0.15, 0.2) is 0 Å². The van der Waals surface area contributed by atoms with Crippen molar-refractivity contribution in [1.29, 1.82) is 0 Å². The molecule has 82 valence electrons. The molecule has 0 amide bonds. The second-order valence-corrected chi connectivity index (χ2v) is 4.69. The van der Waals surface area contributed by atoms with E-state index in [-0.39, 0.29) is 0 Å². The third-order valence-electron chi connectivity index (χ3n) is 3.47. The number of rotatable bonds is 3. The minimum absolute atomic E-state index is 0.416. The lowest BCUT2D eigenvalue weighted by Gasteiger charge is -2.23. The van der Waals surface area contributed by atoms with Gasteiger partial charge in [-0.1, -0.05) is 6.92 Å². The molecule has 15 heavy (non-hydrogen) atoms. The second-order valence-electron chi connectivity index (χ2n) is 4.69. The molecule has 1 fully saturated rings. The molecule has 1 unspecified atom stereocenters. The molecule has 1 saturated carbocycles. The summed E-state index contributed by atoms with van der Waals surface area (Å²) in [5.41, 5.74) is 0. The largest absolute Gasteiger partial charge is 0.312 e. The highest BCUT2D eigenvalue weighted by Gasteiger charge is 2.28. The van der Waals surface area contributed by atoms with Gasteiger partial charge < -0.3 is 9.88 Å². The molecule has 1 aromatic rings. The van der Waals surface area contributed by atoms with E-state index >= 15 is 0 Å². The van der Waals surface area contributed by atoms with Gasteiger partial charge in [-0.05, 0) is 25.2 Å². The lowest BCUT2D eigenvalue weighted by atomic mass is 10.1. The van der Waals surface area contributed by atoms with Crippen molar-refractivity contribution < 1.29 is 0 Å². The fourth-order valence-electron chi connectivity index (χ4n) is 2.35. The summed E-state index contributed by atoms with van der Waals surface area (Å²) < 4.78 is 2.34. The van der Waals surface area contributed by atoms with Crippen molar-refractivity contribution in [1.82, 2.24) is 20.1 Å². The molecule has 1 aromatic heterocycles. The molecule has 0 radical (unpaired) electrons. The van der Waals surface area contributed by atoms with Gasteiger partial charge in [0.25, 0.3) is 0 Å². The molecular weight excluding hydrogens is 188 g/mol. The average Bonchev–Trinajstić information content (AvgIpc) is 2.99. The molecule has 1 aliphatic heterocycles. The fourth-order valence-corrected chi connectivity index (χ4v) is 2.35. The molecule has 4 heteroatoms. The SMILES string of the molecule is CCC1NCCn2c(CC3CC3)nnc21. The summed E-state index contributed by atoms with van der Waals surface area (Å²) in [5.74, 6) is 3.26. The Morgan fingerprint density at radius 1 is 1.40 bits per heavy atom. The molecular formula is C11H18N4. The maximum Gasteiger partial charge on any atom is 0.150 e. The van der Waals surface area contributed by atoms with Gasteiger partial charge in [-0.3, -0.25) is 0 Å². The molecule has 2 heterocycles. The van der Waals surface area contributed by atoms with E-state index in [4.69, 9.17) is 0 Å². The number of aromatic nitrogens is 3. The minimum atomic E-state index is 0.416. The Labute approximate surface area is 90.1 Å². The number of nitrogens with zero attached hydrogens (tertiary/aromatic N) is 3. The first-order valence-electron chi connectivity index (χ1n) is 6.04. The number of hydrogen-bond acceptors (Lipinski definition) is 3. The zero-order valence-corrected chi connectivity index (χ0v) is 9.24. The zero-order chi connectivity index (χ0) is 10.3. The Balaban J connectivity index is 1.87. The predicted octanol–water partition coefficient (Wildman–Crippen LogP) is 1.28. The van der Waals surface area contributed by atoms with Crippen molar-refractivity contribution in [3.8, 4) is 0 Å². The van der Waals surface area contributed by atoms with E-state index in [0.29, 0.717) is 6.04 Å². The van der Waals surface area contributed by atoms with Crippen molar-refractivity contribution in [2.75, 3.05) is 6.54 Å². The summed E-state index contributed by atoms with van der Waals surface area (Å²) in [6.45, 7) is 4.30. The van der Waals surface area contributed by atoms with Crippen LogP contribution in [-0.2, 0) is 13.0 Å². The second kappa shape index (κ2) is 3.59. The average molecular weight is 206 g/mol. The van der Waals surface area contributed by atoms with E-state index in [9.17, 15) is 0 Å². The van der Waals surface area contributed by atoms with Crippen molar-refractivity contribution >= 4 is 0 Å². The molecule has 1 atom stereocenters. The maximum atomic E-state index is 4.35. The van der Waals surface area contributed by atoms with E-state index in [1.54, 1.807) is 0 Å².